The largest absolute Gasteiger partial charge is 0.462 e. The maximum Gasteiger partial charge on any atom is 0.302 e. The number of hydrogen-bond acceptors (Lipinski definition) is 4. The molecule has 1 saturated heterocycles. The maximum absolute atomic E-state index is 12.7. The van der Waals surface area contributed by atoms with Gasteiger partial charge in [0.15, 0.2) is 0 Å². The summed E-state index contributed by atoms with van der Waals surface area (Å²) in [6.07, 6.45) is 10.4. The zero-order valence-corrected chi connectivity index (χ0v) is 18.6. The number of esters is 1. The van der Waals surface area contributed by atoms with E-state index in [2.05, 4.69) is 24.8 Å². The van der Waals surface area contributed by atoms with Gasteiger partial charge in [-0.05, 0) is 74.0 Å². The molecule has 160 valence electrons. The lowest BCUT2D eigenvalue weighted by Gasteiger charge is -2.58. The van der Waals surface area contributed by atoms with E-state index in [-0.39, 0.29) is 28.8 Å². The molecule has 4 aliphatic carbocycles. The van der Waals surface area contributed by atoms with E-state index in [1.165, 1.54) is 39.3 Å². The van der Waals surface area contributed by atoms with Crippen LogP contribution in [-0.4, -0.2) is 41.9 Å². The van der Waals surface area contributed by atoms with Crippen LogP contribution in [-0.2, 0) is 14.3 Å². The van der Waals surface area contributed by atoms with E-state index in [9.17, 15) is 9.59 Å². The van der Waals surface area contributed by atoms with Gasteiger partial charge in [0.05, 0.1) is 0 Å². The molecule has 3 saturated carbocycles. The first-order valence-corrected chi connectivity index (χ1v) is 11.9. The van der Waals surface area contributed by atoms with E-state index >= 15 is 0 Å². The quantitative estimate of drug-likeness (QED) is 0.401. The Bertz CT molecular complexity index is 755. The van der Waals surface area contributed by atoms with Gasteiger partial charge in [0.25, 0.3) is 0 Å². The van der Waals surface area contributed by atoms with Gasteiger partial charge in [0.1, 0.15) is 11.9 Å². The molecule has 0 bridgehead atoms. The fraction of sp³-hybridized carbons (Fsp3) is 0.840. The number of fused-ring (bicyclic) bond motifs is 5. The van der Waals surface area contributed by atoms with E-state index in [1.807, 2.05) is 6.92 Å². The predicted octanol–water partition coefficient (Wildman–Crippen LogP) is 4.38. The molecule has 4 heteroatoms. The average Bonchev–Trinajstić information content (AvgIpc) is 3.43. The van der Waals surface area contributed by atoms with Crippen molar-refractivity contribution in [1.29, 1.82) is 0 Å². The Morgan fingerprint density at radius 2 is 1.86 bits per heavy atom. The molecule has 5 aliphatic rings. The molecule has 4 fully saturated rings. The standard InChI is InChI=1S/C25H37NO3/c1-15(27)23-22(26-11-12-26)14-21-19-6-5-17-13-18(29-16(2)28)7-9-24(17,3)20(19)8-10-25(21,23)4/h5,18-23H,6-14H2,1-4H3/t18-,19+,20-,21-,22+,23-,24-,25-/m0/s1. The number of rotatable bonds is 3. The number of Topliss-reactive ketones (excluding diaryl/α,β-unsaturated/α-hetero) is 1. The van der Waals surface area contributed by atoms with Gasteiger partial charge in [-0.1, -0.05) is 25.5 Å². The van der Waals surface area contributed by atoms with Crippen LogP contribution >= 0.6 is 0 Å². The molecule has 0 spiro atoms. The highest BCUT2D eigenvalue weighted by Gasteiger charge is 2.63. The van der Waals surface area contributed by atoms with Crippen molar-refractivity contribution in [2.75, 3.05) is 13.1 Å². The van der Waals surface area contributed by atoms with Gasteiger partial charge in [-0.2, -0.15) is 0 Å². The van der Waals surface area contributed by atoms with Gasteiger partial charge in [-0.15, -0.1) is 0 Å². The SMILES string of the molecule is CC(=O)O[C@H]1CC[C@@]2(C)C(=CC[C@H]3[C@@H]4C[C@@H](N5CC5)[C@H](C(C)=O)[C@@]4(C)CC[C@@H]32)C1. The first-order chi connectivity index (χ1) is 13.7. The molecular weight excluding hydrogens is 362 g/mol. The minimum Gasteiger partial charge on any atom is -0.462 e. The smallest absolute Gasteiger partial charge is 0.302 e. The third-order valence-corrected chi connectivity index (χ3v) is 9.81. The molecule has 0 amide bonds. The van der Waals surface area contributed by atoms with E-state index in [0.29, 0.717) is 23.7 Å². The van der Waals surface area contributed by atoms with E-state index in [1.54, 1.807) is 5.57 Å². The lowest BCUT2D eigenvalue weighted by Crippen LogP contribution is -2.51. The molecule has 8 atom stereocenters. The van der Waals surface area contributed by atoms with Crippen molar-refractivity contribution in [2.45, 2.75) is 84.8 Å². The number of ketones is 1. The predicted molar refractivity (Wildman–Crippen MR) is 112 cm³/mol. The van der Waals surface area contributed by atoms with Crippen molar-refractivity contribution in [3.63, 3.8) is 0 Å². The molecule has 0 N–H and O–H groups in total. The summed E-state index contributed by atoms with van der Waals surface area (Å²) in [6.45, 7) is 10.7. The van der Waals surface area contributed by atoms with Gasteiger partial charge >= 0.3 is 5.97 Å². The summed E-state index contributed by atoms with van der Waals surface area (Å²) in [5, 5.41) is 0. The highest BCUT2D eigenvalue weighted by Crippen LogP contribution is 2.67. The van der Waals surface area contributed by atoms with Crippen LogP contribution in [0.5, 0.6) is 0 Å². The van der Waals surface area contributed by atoms with Crippen LogP contribution in [0, 0.1) is 34.5 Å². The molecule has 4 nitrogen and oxygen atoms in total. The third kappa shape index (κ3) is 2.96. The lowest BCUT2D eigenvalue weighted by atomic mass is 9.47. The molecule has 1 heterocycles. The summed E-state index contributed by atoms with van der Waals surface area (Å²) in [4.78, 5) is 26.7. The second-order valence-electron chi connectivity index (χ2n) is 11.2. The fourth-order valence-electron chi connectivity index (χ4n) is 8.46. The zero-order valence-electron chi connectivity index (χ0n) is 18.6. The summed E-state index contributed by atoms with van der Waals surface area (Å²) in [5.74, 6) is 2.60. The monoisotopic (exact) mass is 399 g/mol. The minimum atomic E-state index is -0.149. The van der Waals surface area contributed by atoms with Crippen LogP contribution < -0.4 is 0 Å². The second kappa shape index (κ2) is 6.67. The van der Waals surface area contributed by atoms with E-state index in [4.69, 9.17) is 4.74 Å². The maximum atomic E-state index is 12.7. The summed E-state index contributed by atoms with van der Waals surface area (Å²) >= 11 is 0. The van der Waals surface area contributed by atoms with E-state index in [0.717, 1.165) is 31.6 Å². The van der Waals surface area contributed by atoms with Crippen LogP contribution in [0.15, 0.2) is 11.6 Å². The van der Waals surface area contributed by atoms with Crippen LogP contribution in [0.25, 0.3) is 0 Å². The number of allylic oxidation sites excluding steroid dienone is 1. The van der Waals surface area contributed by atoms with Crippen LogP contribution in [0.1, 0.15) is 72.6 Å². The lowest BCUT2D eigenvalue weighted by molar-refractivity contribution is -0.149. The van der Waals surface area contributed by atoms with Crippen molar-refractivity contribution in [3.8, 4) is 0 Å². The van der Waals surface area contributed by atoms with Gasteiger partial charge in [0, 0.05) is 38.4 Å². The van der Waals surface area contributed by atoms with Crippen molar-refractivity contribution in [2.24, 2.45) is 34.5 Å². The molecule has 29 heavy (non-hydrogen) atoms. The topological polar surface area (TPSA) is 46.4 Å². The number of hydrogen-bond donors (Lipinski definition) is 0. The number of nitrogens with zero attached hydrogens (tertiary/aromatic N) is 1. The Morgan fingerprint density at radius 3 is 2.52 bits per heavy atom. The van der Waals surface area contributed by atoms with Crippen LogP contribution in [0.4, 0.5) is 0 Å². The van der Waals surface area contributed by atoms with Gasteiger partial charge < -0.3 is 4.74 Å². The summed E-state index contributed by atoms with van der Waals surface area (Å²) in [5.41, 5.74) is 1.98. The van der Waals surface area contributed by atoms with Crippen molar-refractivity contribution in [3.05, 3.63) is 11.6 Å². The number of carbonyl (C=O) groups is 2. The molecule has 0 unspecified atom stereocenters. The Hall–Kier alpha value is -1.16. The number of carbonyl (C=O) groups excluding carboxylic acids is 2. The molecule has 0 aromatic rings. The van der Waals surface area contributed by atoms with Gasteiger partial charge in [-0.3, -0.25) is 14.5 Å². The molecule has 5 rings (SSSR count). The van der Waals surface area contributed by atoms with Crippen molar-refractivity contribution >= 4 is 11.8 Å². The summed E-state index contributed by atoms with van der Waals surface area (Å²) in [6, 6.07) is 0.485. The Morgan fingerprint density at radius 1 is 1.10 bits per heavy atom. The molecular formula is C25H37NO3. The van der Waals surface area contributed by atoms with Gasteiger partial charge in [-0.25, -0.2) is 0 Å². The van der Waals surface area contributed by atoms with Crippen molar-refractivity contribution in [1.82, 2.24) is 4.90 Å². The minimum absolute atomic E-state index is 0.0675. The Kier molecular flexibility index (Phi) is 4.55. The van der Waals surface area contributed by atoms with Crippen LogP contribution in [0.3, 0.4) is 0 Å². The molecule has 0 radical (unpaired) electrons. The highest BCUT2D eigenvalue weighted by atomic mass is 16.5. The highest BCUT2D eigenvalue weighted by molar-refractivity contribution is 5.80. The van der Waals surface area contributed by atoms with Crippen molar-refractivity contribution < 1.29 is 14.3 Å². The normalized spacial score (nSPS) is 48.8. The van der Waals surface area contributed by atoms with E-state index < -0.39 is 0 Å². The second-order valence-corrected chi connectivity index (χ2v) is 11.2. The molecule has 1 aliphatic heterocycles. The first-order valence-electron chi connectivity index (χ1n) is 11.9. The summed E-state index contributed by atoms with van der Waals surface area (Å²) in [7, 11) is 0. The zero-order chi connectivity index (χ0) is 20.6. The summed E-state index contributed by atoms with van der Waals surface area (Å²) < 4.78 is 5.57. The van der Waals surface area contributed by atoms with Gasteiger partial charge in [0.2, 0.25) is 0 Å². The molecule has 0 aromatic heterocycles. The number of ether oxygens (including phenoxy) is 1. The molecule has 0 aromatic carbocycles. The first kappa shape index (κ1) is 19.8. The fourth-order valence-corrected chi connectivity index (χ4v) is 8.46. The Balaban J connectivity index is 1.43. The third-order valence-electron chi connectivity index (χ3n) is 9.81. The average molecular weight is 400 g/mol. The van der Waals surface area contributed by atoms with Crippen LogP contribution in [0.2, 0.25) is 0 Å². The Labute approximate surface area is 175 Å².